The maximum Gasteiger partial charge on any atom is 0.255 e. The molecule has 0 unspecified atom stereocenters. The van der Waals surface area contributed by atoms with Gasteiger partial charge in [-0.25, -0.2) is 0 Å². The molecule has 2 aromatic heterocycles. The van der Waals surface area contributed by atoms with Crippen LogP contribution in [0.15, 0.2) is 59.3 Å². The van der Waals surface area contributed by atoms with Gasteiger partial charge in [0.05, 0.1) is 5.56 Å². The Morgan fingerprint density at radius 2 is 1.90 bits per heavy atom. The highest BCUT2D eigenvalue weighted by molar-refractivity contribution is 5.96. The van der Waals surface area contributed by atoms with Crippen LogP contribution in [-0.4, -0.2) is 39.1 Å². The number of hydrogen-bond acceptors (Lipinski definition) is 5. The average molecular weight is 388 g/mol. The van der Waals surface area contributed by atoms with Crippen molar-refractivity contribution in [2.24, 2.45) is 0 Å². The number of aryl methyl sites for hydroxylation is 1. The lowest BCUT2D eigenvalue weighted by Gasteiger charge is -2.25. The Bertz CT molecular complexity index is 951. The molecule has 1 saturated carbocycles. The number of carbonyl (C=O) groups excluding carboxylic acids is 1. The van der Waals surface area contributed by atoms with E-state index in [0.717, 1.165) is 19.3 Å². The molecule has 0 saturated heterocycles. The van der Waals surface area contributed by atoms with Crippen LogP contribution in [0.5, 0.6) is 0 Å². The Hall–Kier alpha value is -3.46. The number of hydrogen-bond donors (Lipinski definition) is 0. The summed E-state index contributed by atoms with van der Waals surface area (Å²) in [5.41, 5.74) is 1.21. The number of pyridine rings is 1. The van der Waals surface area contributed by atoms with Crippen molar-refractivity contribution in [2.45, 2.75) is 38.1 Å². The second kappa shape index (κ2) is 9.65. The van der Waals surface area contributed by atoms with Crippen molar-refractivity contribution in [3.05, 3.63) is 77.8 Å². The number of terminal acetylenes is 1. The largest absolute Gasteiger partial charge is 0.425 e. The van der Waals surface area contributed by atoms with Gasteiger partial charge in [0.15, 0.2) is 0 Å². The van der Waals surface area contributed by atoms with Crippen molar-refractivity contribution in [1.29, 1.82) is 0 Å². The summed E-state index contributed by atoms with van der Waals surface area (Å²) in [5, 5.41) is 7.99. The molecule has 3 aromatic rings. The summed E-state index contributed by atoms with van der Waals surface area (Å²) < 4.78 is 5.52. The van der Waals surface area contributed by atoms with Crippen molar-refractivity contribution in [2.75, 3.05) is 7.05 Å². The zero-order valence-electron chi connectivity index (χ0n) is 16.7. The van der Waals surface area contributed by atoms with E-state index in [4.69, 9.17) is 10.8 Å². The Kier molecular flexibility index (Phi) is 6.75. The van der Waals surface area contributed by atoms with Gasteiger partial charge in [-0.3, -0.25) is 9.78 Å². The summed E-state index contributed by atoms with van der Waals surface area (Å²) in [7, 11) is 1.84. The van der Waals surface area contributed by atoms with Gasteiger partial charge < -0.3 is 9.32 Å². The molecule has 0 radical (unpaired) electrons. The molecular formula is C23H24N4O2. The van der Waals surface area contributed by atoms with E-state index in [-0.39, 0.29) is 17.9 Å². The Morgan fingerprint density at radius 1 is 1.14 bits per heavy atom. The molecule has 1 fully saturated rings. The van der Waals surface area contributed by atoms with Crippen LogP contribution in [0.1, 0.15) is 52.9 Å². The minimum atomic E-state index is -0.0362. The molecule has 0 N–H and O–H groups in total. The fourth-order valence-electron chi connectivity index (χ4n) is 3.47. The summed E-state index contributed by atoms with van der Waals surface area (Å²) in [4.78, 5) is 18.3. The van der Waals surface area contributed by atoms with Crippen molar-refractivity contribution >= 4 is 5.91 Å². The Morgan fingerprint density at radius 3 is 2.48 bits per heavy atom. The third kappa shape index (κ3) is 5.08. The normalized spacial score (nSPS) is 17.7. The summed E-state index contributed by atoms with van der Waals surface area (Å²) in [5.74, 6) is 4.02. The molecule has 29 heavy (non-hydrogen) atoms. The van der Waals surface area contributed by atoms with Crippen LogP contribution in [0.25, 0.3) is 0 Å². The Labute approximate surface area is 171 Å². The molecule has 0 aliphatic heterocycles. The fraction of sp³-hybridized carbons (Fsp3) is 0.304. The lowest BCUT2D eigenvalue weighted by Crippen LogP contribution is -2.35. The van der Waals surface area contributed by atoms with Crippen LogP contribution >= 0.6 is 0 Å². The number of amides is 1. The first kappa shape index (κ1) is 20.3. The Balaban J connectivity index is 0.000000343. The molecule has 148 valence electrons. The van der Waals surface area contributed by atoms with Gasteiger partial charge >= 0.3 is 0 Å². The topological polar surface area (TPSA) is 72.1 Å². The molecule has 2 heterocycles. The molecule has 0 spiro atoms. The van der Waals surface area contributed by atoms with E-state index in [9.17, 15) is 4.79 Å². The number of carbonyl (C=O) groups is 1. The van der Waals surface area contributed by atoms with Crippen LogP contribution in [0.4, 0.5) is 0 Å². The molecule has 6 heteroatoms. The summed E-state index contributed by atoms with van der Waals surface area (Å²) in [6.45, 7) is 1.79. The predicted octanol–water partition coefficient (Wildman–Crippen LogP) is 3.85. The van der Waals surface area contributed by atoms with Gasteiger partial charge in [0, 0.05) is 43.9 Å². The smallest absolute Gasteiger partial charge is 0.255 e. The van der Waals surface area contributed by atoms with Gasteiger partial charge in [0.1, 0.15) is 0 Å². The number of aromatic nitrogens is 3. The van der Waals surface area contributed by atoms with E-state index < -0.39 is 0 Å². The minimum Gasteiger partial charge on any atom is -0.425 e. The molecule has 1 aliphatic rings. The summed E-state index contributed by atoms with van der Waals surface area (Å²) >= 11 is 0. The van der Waals surface area contributed by atoms with Gasteiger partial charge in [0.25, 0.3) is 5.91 Å². The van der Waals surface area contributed by atoms with E-state index in [2.05, 4.69) is 21.1 Å². The monoisotopic (exact) mass is 388 g/mol. The van der Waals surface area contributed by atoms with E-state index in [0.29, 0.717) is 22.9 Å². The maximum absolute atomic E-state index is 12.7. The first-order valence-electron chi connectivity index (χ1n) is 9.58. The lowest BCUT2D eigenvalue weighted by molar-refractivity contribution is 0.0733. The lowest BCUT2D eigenvalue weighted by atomic mass is 10.1. The van der Waals surface area contributed by atoms with E-state index in [1.165, 1.54) is 0 Å². The van der Waals surface area contributed by atoms with Crippen LogP contribution in [-0.2, 0) is 0 Å². The van der Waals surface area contributed by atoms with Gasteiger partial charge in [-0.2, -0.15) is 0 Å². The standard InChI is InChI=1S/C18H19N3O2.C5H5N/c1-4-13-7-5-6-8-16(13)18(22)21(3)15-10-9-14(11-15)17-20-19-12(2)23-17;1-2-4-6-5-3-1/h1,5-8,14-15H,9-11H2,2-3H3;1-5H/t14-,15+;/m0./s1. The van der Waals surface area contributed by atoms with Crippen LogP contribution in [0.3, 0.4) is 0 Å². The highest BCUT2D eigenvalue weighted by atomic mass is 16.4. The second-order valence-corrected chi connectivity index (χ2v) is 6.95. The van der Waals surface area contributed by atoms with Crippen molar-refractivity contribution in [1.82, 2.24) is 20.1 Å². The van der Waals surface area contributed by atoms with Crippen molar-refractivity contribution < 1.29 is 9.21 Å². The molecule has 6 nitrogen and oxygen atoms in total. The molecule has 1 amide bonds. The maximum atomic E-state index is 12.7. The molecule has 1 aliphatic carbocycles. The fourth-order valence-corrected chi connectivity index (χ4v) is 3.47. The average Bonchev–Trinajstić information content (AvgIpc) is 3.43. The van der Waals surface area contributed by atoms with E-state index >= 15 is 0 Å². The highest BCUT2D eigenvalue weighted by Crippen LogP contribution is 2.36. The minimum absolute atomic E-state index is 0.0362. The quantitative estimate of drug-likeness (QED) is 0.637. The molecule has 0 bridgehead atoms. The van der Waals surface area contributed by atoms with Crippen LogP contribution in [0, 0.1) is 19.3 Å². The molecule has 2 atom stereocenters. The summed E-state index contributed by atoms with van der Waals surface area (Å²) in [6, 6.07) is 13.1. The number of rotatable bonds is 3. The van der Waals surface area contributed by atoms with Crippen LogP contribution in [0.2, 0.25) is 0 Å². The van der Waals surface area contributed by atoms with Gasteiger partial charge in [-0.05, 0) is 43.5 Å². The molecule has 4 rings (SSSR count). The van der Waals surface area contributed by atoms with Gasteiger partial charge in [-0.15, -0.1) is 16.6 Å². The highest BCUT2D eigenvalue weighted by Gasteiger charge is 2.34. The van der Waals surface area contributed by atoms with Gasteiger partial charge in [0.2, 0.25) is 11.8 Å². The van der Waals surface area contributed by atoms with Crippen molar-refractivity contribution in [3.8, 4) is 12.3 Å². The number of benzene rings is 1. The molecule has 1 aromatic carbocycles. The zero-order chi connectivity index (χ0) is 20.6. The molecular weight excluding hydrogens is 364 g/mol. The SMILES string of the molecule is C#Cc1ccccc1C(=O)N(C)[C@@H]1CC[C@H](c2nnc(C)o2)C1.c1ccncc1. The summed E-state index contributed by atoms with van der Waals surface area (Å²) in [6.07, 6.45) is 11.7. The third-order valence-corrected chi connectivity index (χ3v) is 5.04. The van der Waals surface area contributed by atoms with E-state index in [1.54, 1.807) is 36.4 Å². The predicted molar refractivity (Wildman–Crippen MR) is 110 cm³/mol. The van der Waals surface area contributed by atoms with Gasteiger partial charge in [-0.1, -0.05) is 24.1 Å². The second-order valence-electron chi connectivity index (χ2n) is 6.95. The first-order chi connectivity index (χ1) is 14.1. The van der Waals surface area contributed by atoms with E-state index in [1.807, 2.05) is 37.4 Å². The van der Waals surface area contributed by atoms with Crippen LogP contribution < -0.4 is 0 Å². The first-order valence-corrected chi connectivity index (χ1v) is 9.58. The zero-order valence-corrected chi connectivity index (χ0v) is 16.7. The third-order valence-electron chi connectivity index (χ3n) is 5.04. The number of nitrogens with zero attached hydrogens (tertiary/aromatic N) is 4. The van der Waals surface area contributed by atoms with Crippen molar-refractivity contribution in [3.63, 3.8) is 0 Å².